The summed E-state index contributed by atoms with van der Waals surface area (Å²) in [5.41, 5.74) is 3.74. The highest BCUT2D eigenvalue weighted by atomic mass is 16.5. The van der Waals surface area contributed by atoms with Gasteiger partial charge in [0.25, 0.3) is 0 Å². The topological polar surface area (TPSA) is 105 Å². The monoisotopic (exact) mass is 476 g/mol. The van der Waals surface area contributed by atoms with E-state index in [4.69, 9.17) is 4.74 Å². The molecule has 5 rings (SSSR count). The molecule has 0 saturated heterocycles. The van der Waals surface area contributed by atoms with Crippen molar-refractivity contribution in [3.8, 4) is 11.1 Å². The van der Waals surface area contributed by atoms with E-state index >= 15 is 0 Å². The molecule has 2 fully saturated rings. The lowest BCUT2D eigenvalue weighted by Crippen LogP contribution is -2.60. The highest BCUT2D eigenvalue weighted by Gasteiger charge is 2.45. The zero-order valence-electron chi connectivity index (χ0n) is 20.0. The molecule has 3 aliphatic rings. The maximum absolute atomic E-state index is 13.2. The van der Waals surface area contributed by atoms with Crippen LogP contribution in [0.1, 0.15) is 62.5 Å². The lowest BCUT2D eigenvalue weighted by Gasteiger charge is -2.40. The van der Waals surface area contributed by atoms with Gasteiger partial charge in [-0.3, -0.25) is 9.59 Å². The molecule has 0 aliphatic heterocycles. The summed E-state index contributed by atoms with van der Waals surface area (Å²) in [4.78, 5) is 37.8. The Morgan fingerprint density at radius 1 is 1.00 bits per heavy atom. The van der Waals surface area contributed by atoms with Gasteiger partial charge in [0.15, 0.2) is 0 Å². The first kappa shape index (κ1) is 23.4. The van der Waals surface area contributed by atoms with Crippen molar-refractivity contribution in [3.63, 3.8) is 0 Å². The van der Waals surface area contributed by atoms with Gasteiger partial charge in [0, 0.05) is 5.92 Å². The average Bonchev–Trinajstić information content (AvgIpc) is 3.63. The van der Waals surface area contributed by atoms with Crippen LogP contribution >= 0.6 is 0 Å². The number of fused-ring (bicyclic) bond motifs is 3. The van der Waals surface area contributed by atoms with Gasteiger partial charge in [-0.05, 0) is 60.8 Å². The first-order valence-corrected chi connectivity index (χ1v) is 12.5. The van der Waals surface area contributed by atoms with E-state index in [0.717, 1.165) is 47.9 Å². The molecule has 2 saturated carbocycles. The van der Waals surface area contributed by atoms with Gasteiger partial charge >= 0.3 is 12.1 Å². The number of hydrogen-bond acceptors (Lipinski definition) is 4. The van der Waals surface area contributed by atoms with Gasteiger partial charge in [0.1, 0.15) is 12.6 Å². The van der Waals surface area contributed by atoms with Crippen LogP contribution < -0.4 is 10.6 Å². The molecule has 0 heterocycles. The van der Waals surface area contributed by atoms with E-state index in [9.17, 15) is 19.5 Å². The molecule has 7 nitrogen and oxygen atoms in total. The molecule has 2 amide bonds. The minimum atomic E-state index is -0.889. The summed E-state index contributed by atoms with van der Waals surface area (Å²) in [5.74, 6) is -1.85. The van der Waals surface area contributed by atoms with Crippen molar-refractivity contribution in [3.05, 3.63) is 59.7 Å². The second kappa shape index (κ2) is 9.36. The van der Waals surface area contributed by atoms with Gasteiger partial charge in [-0.25, -0.2) is 4.79 Å². The number of nitrogens with one attached hydrogen (secondary N) is 2. The molecule has 184 valence electrons. The van der Waals surface area contributed by atoms with Crippen molar-refractivity contribution < 1.29 is 24.2 Å². The number of ether oxygens (including phenoxy) is 1. The second-order valence-corrected chi connectivity index (χ2v) is 10.3. The van der Waals surface area contributed by atoms with Crippen molar-refractivity contribution in [1.82, 2.24) is 10.6 Å². The Balaban J connectivity index is 1.24. The number of rotatable bonds is 7. The van der Waals surface area contributed by atoms with Crippen LogP contribution in [-0.4, -0.2) is 41.3 Å². The van der Waals surface area contributed by atoms with Crippen LogP contribution in [0.15, 0.2) is 48.5 Å². The predicted molar refractivity (Wildman–Crippen MR) is 131 cm³/mol. The van der Waals surface area contributed by atoms with E-state index in [1.54, 1.807) is 6.92 Å². The van der Waals surface area contributed by atoms with Crippen LogP contribution in [0.5, 0.6) is 0 Å². The Morgan fingerprint density at radius 2 is 1.63 bits per heavy atom. The summed E-state index contributed by atoms with van der Waals surface area (Å²) < 4.78 is 5.65. The molecule has 7 heteroatoms. The standard InChI is InChI=1S/C28H32N2O5/c1-28(15-7-6-12-23(28)26(32)33)30-25(31)24(17-13-14-17)29-27(34)35-16-22-20-10-4-2-8-18(20)19-9-3-5-11-21(19)22/h2-5,8-11,17,22-24H,6-7,12-16H2,1H3,(H,29,34)(H,30,31)(H,32,33). The van der Waals surface area contributed by atoms with Crippen LogP contribution in [0.25, 0.3) is 11.1 Å². The van der Waals surface area contributed by atoms with Gasteiger partial charge in [0.05, 0.1) is 11.5 Å². The number of amides is 2. The SMILES string of the molecule is CC1(NC(=O)C(NC(=O)OCC2c3ccccc3-c3ccccc32)C2CC2)CCCCC1C(=O)O. The van der Waals surface area contributed by atoms with Gasteiger partial charge in [-0.2, -0.15) is 0 Å². The van der Waals surface area contributed by atoms with Crippen LogP contribution in [0.2, 0.25) is 0 Å². The molecule has 2 aromatic carbocycles. The van der Waals surface area contributed by atoms with Crippen molar-refractivity contribution in [2.75, 3.05) is 6.61 Å². The number of hydrogen-bond donors (Lipinski definition) is 3. The fraction of sp³-hybridized carbons (Fsp3) is 0.464. The lowest BCUT2D eigenvalue weighted by atomic mass is 9.73. The molecule has 3 unspecified atom stereocenters. The fourth-order valence-electron chi connectivity index (χ4n) is 5.83. The van der Waals surface area contributed by atoms with E-state index in [0.29, 0.717) is 12.8 Å². The van der Waals surface area contributed by atoms with Crippen molar-refractivity contribution >= 4 is 18.0 Å². The minimum Gasteiger partial charge on any atom is -0.481 e. The second-order valence-electron chi connectivity index (χ2n) is 10.3. The largest absolute Gasteiger partial charge is 0.481 e. The van der Waals surface area contributed by atoms with Gasteiger partial charge in [-0.1, -0.05) is 61.4 Å². The number of carboxylic acid groups (broad SMARTS) is 1. The molecular weight excluding hydrogens is 444 g/mol. The molecule has 3 N–H and O–H groups in total. The van der Waals surface area contributed by atoms with E-state index in [1.807, 2.05) is 24.3 Å². The van der Waals surface area contributed by atoms with Crippen molar-refractivity contribution in [2.45, 2.75) is 62.9 Å². The van der Waals surface area contributed by atoms with Crippen LogP contribution in [0, 0.1) is 11.8 Å². The fourth-order valence-corrected chi connectivity index (χ4v) is 5.83. The molecule has 0 aromatic heterocycles. The van der Waals surface area contributed by atoms with Crippen molar-refractivity contribution in [1.29, 1.82) is 0 Å². The lowest BCUT2D eigenvalue weighted by molar-refractivity contribution is -0.147. The summed E-state index contributed by atoms with van der Waals surface area (Å²) >= 11 is 0. The number of carbonyl (C=O) groups is 3. The summed E-state index contributed by atoms with van der Waals surface area (Å²) in [7, 11) is 0. The maximum Gasteiger partial charge on any atom is 0.407 e. The molecule has 0 bridgehead atoms. The van der Waals surface area contributed by atoms with E-state index < -0.39 is 29.6 Å². The minimum absolute atomic E-state index is 0.0472. The Hall–Kier alpha value is -3.35. The van der Waals surface area contributed by atoms with Crippen LogP contribution in [0.4, 0.5) is 4.79 Å². The molecule has 3 atom stereocenters. The third-order valence-electron chi connectivity index (χ3n) is 7.91. The van der Waals surface area contributed by atoms with E-state index in [2.05, 4.69) is 34.9 Å². The number of carbonyl (C=O) groups excluding carboxylic acids is 2. The highest BCUT2D eigenvalue weighted by Crippen LogP contribution is 2.44. The molecule has 0 spiro atoms. The normalized spacial score (nSPS) is 24.1. The third kappa shape index (κ3) is 4.64. The van der Waals surface area contributed by atoms with Crippen molar-refractivity contribution in [2.24, 2.45) is 11.8 Å². The summed E-state index contributed by atoms with van der Waals surface area (Å²) in [6.45, 7) is 1.98. The van der Waals surface area contributed by atoms with E-state index in [1.165, 1.54) is 0 Å². The number of alkyl carbamates (subject to hydrolysis) is 1. The van der Waals surface area contributed by atoms with Gasteiger partial charge in [0.2, 0.25) is 5.91 Å². The Morgan fingerprint density at radius 3 is 2.23 bits per heavy atom. The van der Waals surface area contributed by atoms with E-state index in [-0.39, 0.29) is 24.3 Å². The van der Waals surface area contributed by atoms with Crippen LogP contribution in [-0.2, 0) is 14.3 Å². The Kier molecular flexibility index (Phi) is 6.26. The zero-order chi connectivity index (χ0) is 24.6. The zero-order valence-corrected chi connectivity index (χ0v) is 20.0. The van der Waals surface area contributed by atoms with Gasteiger partial charge < -0.3 is 20.5 Å². The average molecular weight is 477 g/mol. The third-order valence-corrected chi connectivity index (χ3v) is 7.91. The summed E-state index contributed by atoms with van der Waals surface area (Å²) in [5, 5.41) is 15.4. The highest BCUT2D eigenvalue weighted by molar-refractivity contribution is 5.87. The quantitative estimate of drug-likeness (QED) is 0.548. The predicted octanol–water partition coefficient (Wildman–Crippen LogP) is 4.45. The number of carboxylic acids is 1. The molecule has 0 radical (unpaired) electrons. The first-order valence-electron chi connectivity index (χ1n) is 12.5. The van der Waals surface area contributed by atoms with Crippen LogP contribution in [0.3, 0.4) is 0 Å². The Labute approximate surface area is 205 Å². The molecule has 35 heavy (non-hydrogen) atoms. The maximum atomic E-state index is 13.2. The molecular formula is C28H32N2O5. The van der Waals surface area contributed by atoms with Gasteiger partial charge in [-0.15, -0.1) is 0 Å². The summed E-state index contributed by atoms with van der Waals surface area (Å²) in [6.07, 6.45) is 3.93. The first-order chi connectivity index (χ1) is 16.9. The smallest absolute Gasteiger partial charge is 0.407 e. The molecule has 3 aliphatic carbocycles. The Bertz CT molecular complexity index is 1100. The number of benzene rings is 2. The molecule has 2 aromatic rings. The number of aliphatic carboxylic acids is 1. The summed E-state index contributed by atoms with van der Waals surface area (Å²) in [6, 6.07) is 15.5.